The van der Waals surface area contributed by atoms with Crippen LogP contribution in [0.15, 0.2) is 0 Å². The zero-order chi connectivity index (χ0) is 13.6. The molecule has 0 N–H and O–H groups in total. The minimum absolute atomic E-state index is 0.353. The van der Waals surface area contributed by atoms with Crippen LogP contribution in [0.2, 0.25) is 0 Å². The molecule has 4 nitrogen and oxygen atoms in total. The van der Waals surface area contributed by atoms with Crippen LogP contribution < -0.4 is 0 Å². The van der Waals surface area contributed by atoms with Crippen molar-refractivity contribution >= 4 is 8.97 Å². The first-order chi connectivity index (χ1) is 9.30. The Hall–Kier alpha value is 0.0569. The minimum atomic E-state index is -2.63. The van der Waals surface area contributed by atoms with Gasteiger partial charge in [0, 0.05) is 13.2 Å². The van der Waals surface area contributed by atoms with Gasteiger partial charge in [-0.25, -0.2) is 0 Å². The lowest BCUT2D eigenvalue weighted by molar-refractivity contribution is -0.0158. The van der Waals surface area contributed by atoms with E-state index in [9.17, 15) is 0 Å². The summed E-state index contributed by atoms with van der Waals surface area (Å²) < 4.78 is 21.0. The molecule has 0 aromatic heterocycles. The maximum Gasteiger partial charge on any atom is 0.599 e. The molecule has 0 aromatic carbocycles. The second-order valence-corrected chi connectivity index (χ2v) is 7.96. The van der Waals surface area contributed by atoms with Crippen molar-refractivity contribution in [3.05, 3.63) is 0 Å². The highest BCUT2D eigenvalue weighted by Crippen LogP contribution is 2.29. The van der Waals surface area contributed by atoms with Gasteiger partial charge in [0.2, 0.25) is 0 Å². The summed E-state index contributed by atoms with van der Waals surface area (Å²) >= 11 is 0. The third-order valence-corrected chi connectivity index (χ3v) is 7.17. The van der Waals surface area contributed by atoms with Crippen molar-refractivity contribution in [1.29, 1.82) is 0 Å². The predicted molar refractivity (Wildman–Crippen MR) is 77.8 cm³/mol. The fourth-order valence-electron chi connectivity index (χ4n) is 3.12. The third-order valence-electron chi connectivity index (χ3n) is 4.01. The molecule has 2 fully saturated rings. The van der Waals surface area contributed by atoms with E-state index >= 15 is 0 Å². The molecule has 0 unspecified atom stereocenters. The van der Waals surface area contributed by atoms with Gasteiger partial charge in [0.25, 0.3) is 0 Å². The van der Waals surface area contributed by atoms with E-state index in [0.29, 0.717) is 19.3 Å². The summed E-state index contributed by atoms with van der Waals surface area (Å²) in [6.07, 6.45) is 9.06. The van der Waals surface area contributed by atoms with Crippen LogP contribution in [-0.2, 0) is 13.3 Å². The second kappa shape index (κ2) is 7.74. The molecule has 2 rings (SSSR count). The van der Waals surface area contributed by atoms with E-state index in [2.05, 4.69) is 4.57 Å². The Morgan fingerprint density at radius 3 is 2.00 bits per heavy atom. The molecule has 5 heteroatoms. The standard InChI is InChI=1S/C14H29NO3Si/c1-3-16-19(17-4-2,15-12-8-5-9-13-15)18-14-10-6-7-11-14/h14H,3-13H2,1-2H3. The van der Waals surface area contributed by atoms with Crippen LogP contribution in [0.3, 0.4) is 0 Å². The Balaban J connectivity index is 2.07. The van der Waals surface area contributed by atoms with Gasteiger partial charge in [-0.1, -0.05) is 19.3 Å². The summed E-state index contributed by atoms with van der Waals surface area (Å²) in [5.74, 6) is 0. The van der Waals surface area contributed by atoms with Gasteiger partial charge in [0.15, 0.2) is 0 Å². The first kappa shape index (κ1) is 15.4. The zero-order valence-electron chi connectivity index (χ0n) is 12.5. The fraction of sp³-hybridized carbons (Fsp3) is 1.00. The van der Waals surface area contributed by atoms with Gasteiger partial charge >= 0.3 is 8.97 Å². The van der Waals surface area contributed by atoms with E-state index < -0.39 is 8.97 Å². The minimum Gasteiger partial charge on any atom is -0.361 e. The molecule has 0 bridgehead atoms. The van der Waals surface area contributed by atoms with Gasteiger partial charge in [-0.05, 0) is 52.6 Å². The van der Waals surface area contributed by atoms with Gasteiger partial charge in [-0.3, -0.25) is 4.57 Å². The zero-order valence-corrected chi connectivity index (χ0v) is 13.5. The number of hydrogen-bond donors (Lipinski definition) is 0. The second-order valence-electron chi connectivity index (χ2n) is 5.46. The van der Waals surface area contributed by atoms with Crippen molar-refractivity contribution < 1.29 is 13.3 Å². The quantitative estimate of drug-likeness (QED) is 0.674. The van der Waals surface area contributed by atoms with E-state index in [4.69, 9.17) is 13.3 Å². The van der Waals surface area contributed by atoms with Crippen molar-refractivity contribution in [3.63, 3.8) is 0 Å². The van der Waals surface area contributed by atoms with Crippen LogP contribution in [0.5, 0.6) is 0 Å². The Kier molecular flexibility index (Phi) is 6.29. The third kappa shape index (κ3) is 4.01. The highest BCUT2D eigenvalue weighted by atomic mass is 28.4. The monoisotopic (exact) mass is 287 g/mol. The van der Waals surface area contributed by atoms with Gasteiger partial charge in [-0.2, -0.15) is 0 Å². The summed E-state index contributed by atoms with van der Waals surface area (Å²) in [4.78, 5) is 0. The van der Waals surface area contributed by atoms with E-state index in [0.717, 1.165) is 13.1 Å². The average molecular weight is 287 g/mol. The average Bonchev–Trinajstić information content (AvgIpc) is 2.93. The molecule has 112 valence electrons. The van der Waals surface area contributed by atoms with Crippen LogP contribution in [-0.4, -0.2) is 45.9 Å². The smallest absolute Gasteiger partial charge is 0.361 e. The van der Waals surface area contributed by atoms with Crippen LogP contribution in [0.25, 0.3) is 0 Å². The van der Waals surface area contributed by atoms with E-state index in [1.165, 1.54) is 44.9 Å². The Morgan fingerprint density at radius 2 is 1.47 bits per heavy atom. The maximum absolute atomic E-state index is 6.44. The van der Waals surface area contributed by atoms with Gasteiger partial charge < -0.3 is 13.3 Å². The molecule has 0 atom stereocenters. The molecule has 1 saturated carbocycles. The van der Waals surface area contributed by atoms with Crippen LogP contribution in [0.4, 0.5) is 0 Å². The lowest BCUT2D eigenvalue weighted by Gasteiger charge is -2.41. The molecular formula is C14H29NO3Si. The molecule has 2 aliphatic rings. The molecule has 0 amide bonds. The SMILES string of the molecule is CCO[Si](OCC)(OC1CCCC1)N1CCCCC1. The summed E-state index contributed by atoms with van der Waals surface area (Å²) in [6, 6.07) is 0. The van der Waals surface area contributed by atoms with Crippen LogP contribution in [0, 0.1) is 0 Å². The van der Waals surface area contributed by atoms with E-state index in [-0.39, 0.29) is 0 Å². The highest BCUT2D eigenvalue weighted by Gasteiger charge is 2.50. The van der Waals surface area contributed by atoms with Gasteiger partial charge in [0.05, 0.1) is 6.10 Å². The first-order valence-electron chi connectivity index (χ1n) is 8.01. The van der Waals surface area contributed by atoms with E-state index in [1.807, 2.05) is 13.8 Å². The molecule has 1 heterocycles. The molecule has 1 saturated heterocycles. The van der Waals surface area contributed by atoms with E-state index in [1.54, 1.807) is 0 Å². The van der Waals surface area contributed by atoms with Crippen LogP contribution in [0.1, 0.15) is 58.8 Å². The summed E-state index contributed by atoms with van der Waals surface area (Å²) in [5, 5.41) is 0. The van der Waals surface area contributed by atoms with Crippen molar-refractivity contribution in [2.45, 2.75) is 64.9 Å². The van der Waals surface area contributed by atoms with Gasteiger partial charge in [-0.15, -0.1) is 0 Å². The molecule has 19 heavy (non-hydrogen) atoms. The number of piperidine rings is 1. The molecule has 1 aliphatic heterocycles. The molecule has 0 spiro atoms. The molecular weight excluding hydrogens is 258 g/mol. The highest BCUT2D eigenvalue weighted by molar-refractivity contribution is 6.57. The number of nitrogens with zero attached hydrogens (tertiary/aromatic N) is 1. The van der Waals surface area contributed by atoms with Crippen molar-refractivity contribution in [1.82, 2.24) is 4.57 Å². The lowest BCUT2D eigenvalue weighted by Crippen LogP contribution is -2.63. The lowest BCUT2D eigenvalue weighted by atomic mass is 10.2. The van der Waals surface area contributed by atoms with Crippen LogP contribution >= 0.6 is 0 Å². The fourth-order valence-corrected chi connectivity index (χ4v) is 6.10. The Morgan fingerprint density at radius 1 is 0.895 bits per heavy atom. The predicted octanol–water partition coefficient (Wildman–Crippen LogP) is 2.94. The number of hydrogen-bond acceptors (Lipinski definition) is 4. The normalized spacial score (nSPS) is 23.1. The molecule has 1 aliphatic carbocycles. The first-order valence-corrected chi connectivity index (χ1v) is 9.68. The topological polar surface area (TPSA) is 30.9 Å². The van der Waals surface area contributed by atoms with Crippen molar-refractivity contribution in [2.24, 2.45) is 0 Å². The van der Waals surface area contributed by atoms with Crippen molar-refractivity contribution in [2.75, 3.05) is 26.3 Å². The largest absolute Gasteiger partial charge is 0.599 e. The Labute approximate surface area is 118 Å². The van der Waals surface area contributed by atoms with Gasteiger partial charge in [0.1, 0.15) is 0 Å². The summed E-state index contributed by atoms with van der Waals surface area (Å²) in [7, 11) is -2.63. The molecule has 0 radical (unpaired) electrons. The number of rotatable bonds is 7. The maximum atomic E-state index is 6.44. The van der Waals surface area contributed by atoms with Crippen molar-refractivity contribution in [3.8, 4) is 0 Å². The summed E-state index contributed by atoms with van der Waals surface area (Å²) in [5.41, 5.74) is 0. The Bertz CT molecular complexity index is 247. The molecule has 0 aromatic rings. The summed E-state index contributed by atoms with van der Waals surface area (Å²) in [6.45, 7) is 7.58.